The lowest BCUT2D eigenvalue weighted by molar-refractivity contribution is 0.0692. The van der Waals surface area contributed by atoms with E-state index in [0.29, 0.717) is 16.7 Å². The Bertz CT molecular complexity index is 1310. The molecule has 7 nitrogen and oxygen atoms in total. The molecule has 0 atom stereocenters. The van der Waals surface area contributed by atoms with Crippen LogP contribution in [0.5, 0.6) is 5.75 Å². The highest BCUT2D eigenvalue weighted by molar-refractivity contribution is 7.90. The van der Waals surface area contributed by atoms with E-state index < -0.39 is 21.6 Å². The monoisotopic (exact) mass is 495 g/mol. The quantitative estimate of drug-likeness (QED) is 0.440. The molecule has 0 unspecified atom stereocenters. The summed E-state index contributed by atoms with van der Waals surface area (Å²) in [5, 5.41) is 9.95. The fraction of sp³-hybridized carbons (Fsp3) is 0.296. The van der Waals surface area contributed by atoms with Gasteiger partial charge in [0.25, 0.3) is 0 Å². The fourth-order valence-electron chi connectivity index (χ4n) is 4.49. The van der Waals surface area contributed by atoms with Crippen LogP contribution in [0, 0.1) is 0 Å². The molecule has 0 bridgehead atoms. The molecule has 1 aliphatic rings. The number of hydrogen-bond acceptors (Lipinski definition) is 6. The number of sulfone groups is 1. The number of hydrogen-bond donors (Lipinski definition) is 1. The van der Waals surface area contributed by atoms with Crippen LogP contribution in [0.4, 0.5) is 0 Å². The predicted molar refractivity (Wildman–Crippen MR) is 134 cm³/mol. The number of carbonyl (C=O) groups is 1. The number of rotatable bonds is 9. The van der Waals surface area contributed by atoms with E-state index in [1.165, 1.54) is 45.0 Å². The number of nitrogens with zero attached hydrogens (tertiary/aromatic N) is 1. The first kappa shape index (κ1) is 24.8. The van der Waals surface area contributed by atoms with Gasteiger partial charge in [-0.3, -0.25) is 4.90 Å². The summed E-state index contributed by atoms with van der Waals surface area (Å²) in [5.41, 5.74) is 1.73. The molecule has 0 saturated carbocycles. The number of likely N-dealkylation sites (tertiary alicyclic amines) is 1. The molecule has 0 radical (unpaired) electrons. The first-order valence-electron chi connectivity index (χ1n) is 11.6. The van der Waals surface area contributed by atoms with E-state index in [1.807, 2.05) is 12.2 Å². The lowest BCUT2D eigenvalue weighted by Gasteiger charge is -2.24. The molecule has 0 spiro atoms. The third-order valence-corrected chi connectivity index (χ3v) is 7.94. The van der Waals surface area contributed by atoms with Gasteiger partial charge in [0.2, 0.25) is 0 Å². The molecular formula is C27H29NO6S. The van der Waals surface area contributed by atoms with Gasteiger partial charge in [-0.1, -0.05) is 48.9 Å². The van der Waals surface area contributed by atoms with Crippen LogP contribution in [0.2, 0.25) is 0 Å². The van der Waals surface area contributed by atoms with E-state index in [-0.39, 0.29) is 21.8 Å². The predicted octanol–water partition coefficient (Wildman–Crippen LogP) is 5.13. The van der Waals surface area contributed by atoms with E-state index in [4.69, 9.17) is 9.15 Å². The van der Waals surface area contributed by atoms with Crippen molar-refractivity contribution >= 4 is 21.9 Å². The number of piperidine rings is 1. The van der Waals surface area contributed by atoms with Crippen molar-refractivity contribution in [3.63, 3.8) is 0 Å². The molecule has 35 heavy (non-hydrogen) atoms. The number of furan rings is 1. The van der Waals surface area contributed by atoms with Crippen molar-refractivity contribution in [3.05, 3.63) is 77.8 Å². The van der Waals surface area contributed by atoms with Crippen LogP contribution in [0.15, 0.2) is 70.4 Å². The summed E-state index contributed by atoms with van der Waals surface area (Å²) < 4.78 is 37.5. The Labute approximate surface area is 205 Å². The van der Waals surface area contributed by atoms with E-state index >= 15 is 0 Å². The molecule has 1 aliphatic heterocycles. The normalized spacial score (nSPS) is 14.9. The van der Waals surface area contributed by atoms with Gasteiger partial charge in [-0.25, -0.2) is 13.2 Å². The van der Waals surface area contributed by atoms with Crippen LogP contribution < -0.4 is 4.74 Å². The van der Waals surface area contributed by atoms with Crippen LogP contribution in [-0.4, -0.2) is 51.1 Å². The number of aromatic carboxylic acids is 1. The molecule has 3 aromatic rings. The zero-order valence-corrected chi connectivity index (χ0v) is 20.5. The number of carboxylic acids is 1. The second kappa shape index (κ2) is 10.9. The molecule has 184 valence electrons. The Hall–Kier alpha value is -3.36. The zero-order valence-electron chi connectivity index (χ0n) is 19.6. The molecule has 1 saturated heterocycles. The highest BCUT2D eigenvalue weighted by Gasteiger charge is 2.26. The summed E-state index contributed by atoms with van der Waals surface area (Å²) in [6.07, 6.45) is 10.4. The van der Waals surface area contributed by atoms with E-state index in [9.17, 15) is 18.3 Å². The van der Waals surface area contributed by atoms with Crippen LogP contribution in [0.1, 0.15) is 40.7 Å². The number of carboxylic acid groups (broad SMARTS) is 1. The van der Waals surface area contributed by atoms with Gasteiger partial charge in [0.15, 0.2) is 9.84 Å². The summed E-state index contributed by atoms with van der Waals surface area (Å²) in [7, 11) is -2.48. The number of benzene rings is 2. The van der Waals surface area contributed by atoms with Crippen molar-refractivity contribution in [3.8, 4) is 16.9 Å². The van der Waals surface area contributed by atoms with Gasteiger partial charge in [-0.2, -0.15) is 0 Å². The Morgan fingerprint density at radius 3 is 2.57 bits per heavy atom. The first-order chi connectivity index (χ1) is 16.9. The maximum Gasteiger partial charge on any atom is 0.339 e. The maximum absolute atomic E-state index is 13.5. The van der Waals surface area contributed by atoms with Crippen molar-refractivity contribution in [2.24, 2.45) is 0 Å². The number of methoxy groups -OCH3 is 1. The summed E-state index contributed by atoms with van der Waals surface area (Å²) in [4.78, 5) is 14.7. The average Bonchev–Trinajstić information content (AvgIpc) is 3.39. The van der Waals surface area contributed by atoms with E-state index in [1.54, 1.807) is 36.4 Å². The van der Waals surface area contributed by atoms with Crippen molar-refractivity contribution in [2.75, 3.05) is 26.7 Å². The summed E-state index contributed by atoms with van der Waals surface area (Å²) in [6, 6.07) is 11.7. The van der Waals surface area contributed by atoms with Crippen LogP contribution >= 0.6 is 0 Å². The van der Waals surface area contributed by atoms with Gasteiger partial charge >= 0.3 is 5.97 Å². The Morgan fingerprint density at radius 2 is 1.89 bits per heavy atom. The minimum absolute atomic E-state index is 0.0984. The summed E-state index contributed by atoms with van der Waals surface area (Å²) >= 11 is 0. The first-order valence-corrected chi connectivity index (χ1v) is 13.2. The molecule has 2 aromatic carbocycles. The third-order valence-electron chi connectivity index (χ3n) is 6.20. The summed E-state index contributed by atoms with van der Waals surface area (Å²) in [5.74, 6) is -1.62. The lowest BCUT2D eigenvalue weighted by atomic mass is 9.99. The Morgan fingerprint density at radius 1 is 1.11 bits per heavy atom. The fourth-order valence-corrected chi connectivity index (χ4v) is 6.08. The maximum atomic E-state index is 13.5. The highest BCUT2D eigenvalue weighted by atomic mass is 32.2. The third kappa shape index (κ3) is 5.66. The molecule has 0 aliphatic carbocycles. The van der Waals surface area contributed by atoms with E-state index in [0.717, 1.165) is 19.6 Å². The molecule has 0 amide bonds. The van der Waals surface area contributed by atoms with Gasteiger partial charge in [0.1, 0.15) is 11.3 Å². The zero-order chi connectivity index (χ0) is 24.8. The van der Waals surface area contributed by atoms with Gasteiger partial charge in [-0.15, -0.1) is 0 Å². The average molecular weight is 496 g/mol. The highest BCUT2D eigenvalue weighted by Crippen LogP contribution is 2.37. The molecule has 1 N–H and O–H groups in total. The Balaban J connectivity index is 1.65. The minimum Gasteiger partial charge on any atom is -0.495 e. The van der Waals surface area contributed by atoms with Gasteiger partial charge in [0.05, 0.1) is 30.3 Å². The Kier molecular flexibility index (Phi) is 7.73. The number of ether oxygens (including phenoxy) is 1. The lowest BCUT2D eigenvalue weighted by Crippen LogP contribution is -2.29. The molecular weight excluding hydrogens is 466 g/mol. The summed E-state index contributed by atoms with van der Waals surface area (Å²) in [6.45, 7) is 2.88. The van der Waals surface area contributed by atoms with Crippen molar-refractivity contribution in [2.45, 2.75) is 29.9 Å². The SMILES string of the molecule is COc1c(-c2ccoc2)ccc(CS(=O)(=O)c2ccccc2C=CCN2CCCCC2)c1C(=O)O. The van der Waals surface area contributed by atoms with Gasteiger partial charge < -0.3 is 14.3 Å². The van der Waals surface area contributed by atoms with Crippen molar-refractivity contribution in [1.29, 1.82) is 0 Å². The topological polar surface area (TPSA) is 97.0 Å². The van der Waals surface area contributed by atoms with Crippen molar-refractivity contribution in [1.82, 2.24) is 4.90 Å². The second-order valence-corrected chi connectivity index (χ2v) is 10.5. The minimum atomic E-state index is -3.85. The van der Waals surface area contributed by atoms with Gasteiger partial charge in [-0.05, 0) is 49.2 Å². The van der Waals surface area contributed by atoms with Crippen molar-refractivity contribution < 1.29 is 27.5 Å². The standard InChI is InChI=1S/C27H29NO6S/c1-33-26-23(21-13-17-34-18-21)12-11-22(25(26)27(29)30)19-35(31,32)24-10-4-3-8-20(24)9-7-16-28-14-5-2-6-15-28/h3-4,7-13,17-18H,2,5-6,14-16,19H2,1H3,(H,29,30). The molecule has 4 rings (SSSR count). The van der Waals surface area contributed by atoms with Gasteiger partial charge in [0, 0.05) is 17.7 Å². The molecule has 1 aromatic heterocycles. The molecule has 8 heteroatoms. The second-order valence-electron chi connectivity index (χ2n) is 8.56. The molecule has 1 fully saturated rings. The van der Waals surface area contributed by atoms with Crippen LogP contribution in [0.3, 0.4) is 0 Å². The van der Waals surface area contributed by atoms with Crippen LogP contribution in [0.25, 0.3) is 17.2 Å². The largest absolute Gasteiger partial charge is 0.495 e. The van der Waals surface area contributed by atoms with E-state index in [2.05, 4.69) is 4.90 Å². The molecule has 2 heterocycles. The van der Waals surface area contributed by atoms with Crippen LogP contribution in [-0.2, 0) is 15.6 Å². The smallest absolute Gasteiger partial charge is 0.339 e.